The van der Waals surface area contributed by atoms with Crippen LogP contribution >= 0.6 is 0 Å². The summed E-state index contributed by atoms with van der Waals surface area (Å²) < 4.78 is 71.4. The van der Waals surface area contributed by atoms with E-state index in [0.29, 0.717) is 21.5 Å². The molecule has 1 aliphatic rings. The van der Waals surface area contributed by atoms with Crippen LogP contribution in [0.3, 0.4) is 0 Å². The highest BCUT2D eigenvalue weighted by Crippen LogP contribution is 2.45. The lowest BCUT2D eigenvalue weighted by atomic mass is 10.1. The second kappa shape index (κ2) is 10.3. The molecule has 4 heterocycles. The summed E-state index contributed by atoms with van der Waals surface area (Å²) in [5, 5.41) is 2.73. The van der Waals surface area contributed by atoms with Gasteiger partial charge in [0.1, 0.15) is 23.4 Å². The second-order valence-corrected chi connectivity index (χ2v) is 11.7. The van der Waals surface area contributed by atoms with Crippen molar-refractivity contribution in [2.75, 3.05) is 18.7 Å². The number of pyridine rings is 1. The van der Waals surface area contributed by atoms with Gasteiger partial charge >= 0.3 is 6.18 Å². The molecule has 0 unspecified atom stereocenters. The maximum atomic E-state index is 14.0. The van der Waals surface area contributed by atoms with Gasteiger partial charge in [0.05, 0.1) is 35.6 Å². The number of sulfone groups is 1. The zero-order valence-corrected chi connectivity index (χ0v) is 23.2. The summed E-state index contributed by atoms with van der Waals surface area (Å²) >= 11 is 0. The molecular weight excluding hydrogens is 565 g/mol. The van der Waals surface area contributed by atoms with Crippen LogP contribution in [0.5, 0.6) is 5.88 Å². The Morgan fingerprint density at radius 3 is 2.46 bits per heavy atom. The zero-order valence-electron chi connectivity index (χ0n) is 22.4. The van der Waals surface area contributed by atoms with Crippen molar-refractivity contribution < 1.29 is 26.3 Å². The van der Waals surface area contributed by atoms with Gasteiger partial charge in [0.25, 0.3) is 5.56 Å². The SMILES string of the molecule is COc1ncnc(C2CC2)c1-c1nc(C)c2nc(NCc3ccc(S(C)(=O)=O)cn3)c(=O)n([C@@H](C)C(F)(F)F)c2n1. The first-order valence-corrected chi connectivity index (χ1v) is 14.3. The van der Waals surface area contributed by atoms with Crippen LogP contribution in [0.4, 0.5) is 19.0 Å². The maximum absolute atomic E-state index is 14.0. The molecule has 0 bridgehead atoms. The Labute approximate surface area is 232 Å². The fraction of sp³-hybridized carbons (Fsp3) is 0.400. The van der Waals surface area contributed by atoms with E-state index in [4.69, 9.17) is 4.74 Å². The first-order valence-electron chi connectivity index (χ1n) is 12.4. The van der Waals surface area contributed by atoms with Gasteiger partial charge in [0, 0.05) is 18.4 Å². The third kappa shape index (κ3) is 5.55. The number of ether oxygens (including phenoxy) is 1. The van der Waals surface area contributed by atoms with Gasteiger partial charge in [-0.1, -0.05) is 0 Å². The molecule has 0 amide bonds. The fourth-order valence-electron chi connectivity index (χ4n) is 4.28. The molecular formula is C25H25F3N8O4S. The van der Waals surface area contributed by atoms with Gasteiger partial charge in [-0.3, -0.25) is 14.3 Å². The van der Waals surface area contributed by atoms with Crippen molar-refractivity contribution in [3.8, 4) is 17.3 Å². The lowest BCUT2D eigenvalue weighted by molar-refractivity contribution is -0.162. The number of rotatable bonds is 8. The van der Waals surface area contributed by atoms with E-state index >= 15 is 0 Å². The second-order valence-electron chi connectivity index (χ2n) is 9.69. The van der Waals surface area contributed by atoms with Crippen LogP contribution < -0.4 is 15.6 Å². The van der Waals surface area contributed by atoms with Crippen LogP contribution in [0.2, 0.25) is 0 Å². The Morgan fingerprint density at radius 1 is 1.15 bits per heavy atom. The van der Waals surface area contributed by atoms with Crippen LogP contribution in [0.15, 0.2) is 34.3 Å². The van der Waals surface area contributed by atoms with Gasteiger partial charge in [0.2, 0.25) is 5.88 Å². The number of hydrogen-bond acceptors (Lipinski definition) is 11. The summed E-state index contributed by atoms with van der Waals surface area (Å²) in [7, 11) is -2.06. The molecule has 5 rings (SSSR count). The van der Waals surface area contributed by atoms with Crippen LogP contribution in [-0.4, -0.2) is 62.4 Å². The number of fused-ring (bicyclic) bond motifs is 1. The fourth-order valence-corrected chi connectivity index (χ4v) is 4.84. The normalized spacial score (nSPS) is 14.7. The molecule has 16 heteroatoms. The number of alkyl halides is 3. The Bertz CT molecular complexity index is 1810. The number of anilines is 1. The molecule has 0 aromatic carbocycles. The van der Waals surface area contributed by atoms with Crippen LogP contribution in [0.1, 0.15) is 48.8 Å². The summed E-state index contributed by atoms with van der Waals surface area (Å²) in [6, 6.07) is 0.510. The van der Waals surface area contributed by atoms with Gasteiger partial charge in [-0.15, -0.1) is 0 Å². The molecule has 0 spiro atoms. The van der Waals surface area contributed by atoms with Crippen molar-refractivity contribution in [3.63, 3.8) is 0 Å². The van der Waals surface area contributed by atoms with E-state index < -0.39 is 27.6 Å². The van der Waals surface area contributed by atoms with E-state index in [0.717, 1.165) is 32.2 Å². The smallest absolute Gasteiger partial charge is 0.409 e. The van der Waals surface area contributed by atoms with Gasteiger partial charge in [-0.2, -0.15) is 13.2 Å². The Kier molecular flexibility index (Phi) is 7.13. The molecule has 0 radical (unpaired) electrons. The largest absolute Gasteiger partial charge is 0.480 e. The zero-order chi connectivity index (χ0) is 29.7. The van der Waals surface area contributed by atoms with E-state index in [2.05, 4.69) is 35.2 Å². The lowest BCUT2D eigenvalue weighted by Gasteiger charge is -2.22. The third-order valence-electron chi connectivity index (χ3n) is 6.66. The van der Waals surface area contributed by atoms with E-state index in [1.165, 1.54) is 25.6 Å². The molecule has 1 N–H and O–H groups in total. The van der Waals surface area contributed by atoms with Gasteiger partial charge < -0.3 is 10.1 Å². The van der Waals surface area contributed by atoms with Crippen molar-refractivity contribution in [3.05, 3.63) is 52.1 Å². The van der Waals surface area contributed by atoms with E-state index in [1.807, 2.05) is 0 Å². The molecule has 1 aliphatic carbocycles. The molecule has 0 saturated heterocycles. The maximum Gasteiger partial charge on any atom is 0.409 e. The predicted octanol–water partition coefficient (Wildman–Crippen LogP) is 3.37. The van der Waals surface area contributed by atoms with E-state index in [9.17, 15) is 26.4 Å². The number of methoxy groups -OCH3 is 1. The number of halogens is 3. The summed E-state index contributed by atoms with van der Waals surface area (Å²) in [6.45, 7) is 2.30. The van der Waals surface area contributed by atoms with E-state index in [1.54, 1.807) is 6.92 Å². The Hall–Kier alpha value is -4.21. The predicted molar refractivity (Wildman–Crippen MR) is 141 cm³/mol. The highest BCUT2D eigenvalue weighted by Gasteiger charge is 2.40. The van der Waals surface area contributed by atoms with Crippen LogP contribution in [0, 0.1) is 6.92 Å². The number of nitrogens with one attached hydrogen (secondary N) is 1. The highest BCUT2D eigenvalue weighted by atomic mass is 32.2. The molecule has 4 aromatic heterocycles. The summed E-state index contributed by atoms with van der Waals surface area (Å²) in [5.41, 5.74) is 0.145. The van der Waals surface area contributed by atoms with Crippen LogP contribution in [0.25, 0.3) is 22.6 Å². The Morgan fingerprint density at radius 2 is 1.88 bits per heavy atom. The Balaban J connectivity index is 1.65. The van der Waals surface area contributed by atoms with Crippen molar-refractivity contribution in [2.24, 2.45) is 0 Å². The molecule has 4 aromatic rings. The number of hydrogen-bond donors (Lipinski definition) is 1. The summed E-state index contributed by atoms with van der Waals surface area (Å²) in [4.78, 5) is 39.2. The minimum absolute atomic E-state index is 0.000283. The monoisotopic (exact) mass is 590 g/mol. The molecule has 1 saturated carbocycles. The molecule has 1 atom stereocenters. The minimum Gasteiger partial charge on any atom is -0.480 e. The average molecular weight is 591 g/mol. The first-order chi connectivity index (χ1) is 19.3. The summed E-state index contributed by atoms with van der Waals surface area (Å²) in [5.74, 6) is -0.0717. The van der Waals surface area contributed by atoms with Crippen molar-refractivity contribution in [2.45, 2.75) is 56.3 Å². The number of nitrogens with zero attached hydrogens (tertiary/aromatic N) is 7. The molecule has 216 valence electrons. The standard InChI is InChI=1S/C25H25F3N8O4S/c1-12-18-22(35-20(33-12)17-19(14-5-6-14)31-11-32-23(17)40-3)36(13(2)25(26,27)28)24(37)21(34-18)30-9-15-7-8-16(10-29-15)41(4,38)39/h7-8,10-11,13-14H,5-6,9H2,1-4H3,(H,30,34)/t13-/m0/s1. The molecule has 41 heavy (non-hydrogen) atoms. The summed E-state index contributed by atoms with van der Waals surface area (Å²) in [6.07, 6.45) is 0.491. The molecule has 0 aliphatic heterocycles. The minimum atomic E-state index is -4.79. The molecule has 12 nitrogen and oxygen atoms in total. The lowest BCUT2D eigenvalue weighted by Crippen LogP contribution is -2.35. The third-order valence-corrected chi connectivity index (χ3v) is 7.76. The van der Waals surface area contributed by atoms with Gasteiger partial charge in [-0.25, -0.2) is 33.3 Å². The van der Waals surface area contributed by atoms with Crippen molar-refractivity contribution in [1.82, 2.24) is 34.5 Å². The number of aromatic nitrogens is 7. The average Bonchev–Trinajstić information content (AvgIpc) is 3.76. The van der Waals surface area contributed by atoms with Gasteiger partial charge in [0.15, 0.2) is 27.1 Å². The quantitative estimate of drug-likeness (QED) is 0.321. The van der Waals surface area contributed by atoms with Crippen molar-refractivity contribution >= 4 is 26.8 Å². The first kappa shape index (κ1) is 28.3. The topological polar surface area (TPSA) is 155 Å². The van der Waals surface area contributed by atoms with Crippen molar-refractivity contribution in [1.29, 1.82) is 0 Å². The highest BCUT2D eigenvalue weighted by molar-refractivity contribution is 7.90. The van der Waals surface area contributed by atoms with E-state index in [-0.39, 0.29) is 51.7 Å². The number of aryl methyl sites for hydroxylation is 1. The molecule has 1 fully saturated rings. The van der Waals surface area contributed by atoms with Crippen LogP contribution in [-0.2, 0) is 16.4 Å². The van der Waals surface area contributed by atoms with Gasteiger partial charge in [-0.05, 0) is 38.8 Å².